The third-order valence-corrected chi connectivity index (χ3v) is 4.51. The number of nitrogens with one attached hydrogen (secondary N) is 2. The molecule has 1 aromatic heterocycles. The maximum Gasteiger partial charge on any atom is 0.330 e. The molecule has 1 aliphatic heterocycles. The van der Waals surface area contributed by atoms with Gasteiger partial charge in [0.05, 0.1) is 18.4 Å². The van der Waals surface area contributed by atoms with Crippen molar-refractivity contribution in [1.82, 2.24) is 9.55 Å². The average molecular weight is 359 g/mol. The lowest BCUT2D eigenvalue weighted by Crippen LogP contribution is -2.32. The van der Waals surface area contributed by atoms with Gasteiger partial charge in [0.1, 0.15) is 6.10 Å². The first-order chi connectivity index (χ1) is 12.5. The van der Waals surface area contributed by atoms with E-state index in [-0.39, 0.29) is 17.7 Å². The number of aromatic nitrogens is 2. The van der Waals surface area contributed by atoms with Gasteiger partial charge >= 0.3 is 5.69 Å². The molecule has 2 heterocycles. The molecule has 1 amide bonds. The van der Waals surface area contributed by atoms with Crippen LogP contribution in [0.3, 0.4) is 0 Å². The topological polar surface area (TPSA) is 85.4 Å². The number of benzene rings is 1. The van der Waals surface area contributed by atoms with Gasteiger partial charge in [-0.3, -0.25) is 9.36 Å². The number of hydrogen-bond acceptors (Lipinski definition) is 4. The van der Waals surface area contributed by atoms with Crippen molar-refractivity contribution in [3.63, 3.8) is 0 Å². The van der Waals surface area contributed by atoms with E-state index >= 15 is 0 Å². The van der Waals surface area contributed by atoms with Gasteiger partial charge in [-0.1, -0.05) is 6.07 Å². The van der Waals surface area contributed by atoms with E-state index in [2.05, 4.69) is 10.3 Å². The Kier molecular flexibility index (Phi) is 5.90. The van der Waals surface area contributed by atoms with Crippen molar-refractivity contribution in [1.29, 1.82) is 0 Å². The lowest BCUT2D eigenvalue weighted by atomic mass is 10.1. The van der Waals surface area contributed by atoms with Crippen molar-refractivity contribution in [2.45, 2.75) is 45.3 Å². The van der Waals surface area contributed by atoms with Gasteiger partial charge in [-0.2, -0.15) is 0 Å². The summed E-state index contributed by atoms with van der Waals surface area (Å²) in [4.78, 5) is 26.9. The Labute approximate surface area is 152 Å². The van der Waals surface area contributed by atoms with Crippen LogP contribution in [0.4, 0.5) is 5.69 Å². The lowest BCUT2D eigenvalue weighted by molar-refractivity contribution is -0.130. The van der Waals surface area contributed by atoms with E-state index in [1.54, 1.807) is 35.9 Å². The number of ether oxygens (including phenoxy) is 2. The van der Waals surface area contributed by atoms with Crippen LogP contribution in [0.5, 0.6) is 0 Å². The van der Waals surface area contributed by atoms with E-state index in [9.17, 15) is 9.59 Å². The third kappa shape index (κ3) is 4.42. The number of carbonyl (C=O) groups is 1. The molecular weight excluding hydrogens is 334 g/mol. The highest BCUT2D eigenvalue weighted by atomic mass is 16.5. The Morgan fingerprint density at radius 3 is 3.00 bits per heavy atom. The number of anilines is 1. The molecule has 1 aliphatic rings. The minimum atomic E-state index is -0.583. The van der Waals surface area contributed by atoms with E-state index in [0.717, 1.165) is 31.6 Å². The summed E-state index contributed by atoms with van der Waals surface area (Å²) in [6, 6.07) is 7.16. The zero-order valence-corrected chi connectivity index (χ0v) is 15.2. The zero-order valence-electron chi connectivity index (χ0n) is 15.2. The van der Waals surface area contributed by atoms with Crippen LogP contribution >= 0.6 is 0 Å². The van der Waals surface area contributed by atoms with Gasteiger partial charge in [-0.15, -0.1) is 0 Å². The number of imidazole rings is 1. The molecule has 1 aromatic carbocycles. The van der Waals surface area contributed by atoms with Crippen molar-refractivity contribution >= 4 is 11.6 Å². The molecule has 0 spiro atoms. The first kappa shape index (κ1) is 18.4. The van der Waals surface area contributed by atoms with Crippen molar-refractivity contribution in [2.75, 3.05) is 18.5 Å². The second-order valence-corrected chi connectivity index (χ2v) is 6.57. The standard InChI is InChI=1S/C19H25N3O4/c1-13-11-20-19(24)22(13)16-7-5-6-15(10-16)21-18(23)14(2)26-12-17-8-3-4-9-25-17/h5-7,10-11,14,17H,3-4,8-9,12H2,1-2H3,(H,20,24)(H,21,23)/t14-,17-/m1/s1. The Balaban J connectivity index is 1.60. The average Bonchev–Trinajstić information content (AvgIpc) is 2.99. The van der Waals surface area contributed by atoms with E-state index < -0.39 is 6.10 Å². The molecule has 7 heteroatoms. The molecule has 0 saturated carbocycles. The highest BCUT2D eigenvalue weighted by Crippen LogP contribution is 2.16. The molecule has 1 saturated heterocycles. The Morgan fingerprint density at radius 1 is 1.46 bits per heavy atom. The number of aromatic amines is 1. The minimum Gasteiger partial charge on any atom is -0.376 e. The number of rotatable bonds is 6. The number of aryl methyl sites for hydroxylation is 1. The predicted molar refractivity (Wildman–Crippen MR) is 98.8 cm³/mol. The normalized spacial score (nSPS) is 18.5. The summed E-state index contributed by atoms with van der Waals surface area (Å²) in [6.07, 6.45) is 4.34. The molecule has 26 heavy (non-hydrogen) atoms. The fourth-order valence-corrected chi connectivity index (χ4v) is 3.01. The van der Waals surface area contributed by atoms with Gasteiger partial charge in [-0.05, 0) is 51.3 Å². The molecule has 0 unspecified atom stereocenters. The van der Waals surface area contributed by atoms with Crippen LogP contribution in [-0.4, -0.2) is 40.9 Å². The maximum absolute atomic E-state index is 12.4. The van der Waals surface area contributed by atoms with Crippen LogP contribution < -0.4 is 11.0 Å². The highest BCUT2D eigenvalue weighted by Gasteiger charge is 2.19. The molecular formula is C19H25N3O4. The summed E-state index contributed by atoms with van der Waals surface area (Å²) < 4.78 is 12.8. The van der Waals surface area contributed by atoms with Gasteiger partial charge in [0.2, 0.25) is 0 Å². The van der Waals surface area contributed by atoms with Crippen LogP contribution in [0.1, 0.15) is 31.9 Å². The smallest absolute Gasteiger partial charge is 0.330 e. The molecule has 2 N–H and O–H groups in total. The number of carbonyl (C=O) groups excluding carboxylic acids is 1. The maximum atomic E-state index is 12.4. The Bertz CT molecular complexity index is 805. The van der Waals surface area contributed by atoms with Gasteiger partial charge in [0.15, 0.2) is 0 Å². The minimum absolute atomic E-state index is 0.0748. The third-order valence-electron chi connectivity index (χ3n) is 4.51. The summed E-state index contributed by atoms with van der Waals surface area (Å²) in [6.45, 7) is 4.75. The van der Waals surface area contributed by atoms with Gasteiger partial charge < -0.3 is 19.8 Å². The van der Waals surface area contributed by atoms with Gasteiger partial charge in [-0.25, -0.2) is 4.79 Å². The predicted octanol–water partition coefficient (Wildman–Crippen LogP) is 2.39. The second-order valence-electron chi connectivity index (χ2n) is 6.57. The molecule has 0 radical (unpaired) electrons. The molecule has 1 fully saturated rings. The van der Waals surface area contributed by atoms with Crippen LogP contribution in [0.2, 0.25) is 0 Å². The van der Waals surface area contributed by atoms with E-state index in [1.807, 2.05) is 13.0 Å². The van der Waals surface area contributed by atoms with Crippen molar-refractivity contribution in [2.24, 2.45) is 0 Å². The van der Waals surface area contributed by atoms with Crippen LogP contribution in [0.25, 0.3) is 5.69 Å². The van der Waals surface area contributed by atoms with Crippen LogP contribution in [0, 0.1) is 6.92 Å². The molecule has 2 aromatic rings. The van der Waals surface area contributed by atoms with Crippen LogP contribution in [-0.2, 0) is 14.3 Å². The first-order valence-corrected chi connectivity index (χ1v) is 8.96. The quantitative estimate of drug-likeness (QED) is 0.829. The van der Waals surface area contributed by atoms with E-state index in [1.165, 1.54) is 0 Å². The highest BCUT2D eigenvalue weighted by molar-refractivity contribution is 5.94. The molecule has 2 atom stereocenters. The lowest BCUT2D eigenvalue weighted by Gasteiger charge is -2.24. The number of amides is 1. The Hall–Kier alpha value is -2.38. The SMILES string of the molecule is Cc1c[nH]c(=O)n1-c1cccc(NC(=O)[C@@H](C)OC[C@H]2CCCCO2)c1. The summed E-state index contributed by atoms with van der Waals surface area (Å²) >= 11 is 0. The molecule has 140 valence electrons. The van der Waals surface area contributed by atoms with Crippen molar-refractivity contribution in [3.05, 3.63) is 46.6 Å². The number of hydrogen-bond donors (Lipinski definition) is 2. The summed E-state index contributed by atoms with van der Waals surface area (Å²) in [5.74, 6) is -0.226. The zero-order chi connectivity index (χ0) is 18.5. The van der Waals surface area contributed by atoms with Crippen molar-refractivity contribution < 1.29 is 14.3 Å². The number of H-pyrrole nitrogens is 1. The monoisotopic (exact) mass is 359 g/mol. The Morgan fingerprint density at radius 2 is 2.31 bits per heavy atom. The van der Waals surface area contributed by atoms with E-state index in [4.69, 9.17) is 9.47 Å². The molecule has 0 aliphatic carbocycles. The van der Waals surface area contributed by atoms with Gasteiger partial charge in [0.25, 0.3) is 5.91 Å². The molecule has 3 rings (SSSR count). The van der Waals surface area contributed by atoms with Gasteiger partial charge in [0, 0.05) is 24.2 Å². The first-order valence-electron chi connectivity index (χ1n) is 8.96. The number of nitrogens with zero attached hydrogens (tertiary/aromatic N) is 1. The van der Waals surface area contributed by atoms with E-state index in [0.29, 0.717) is 18.0 Å². The largest absolute Gasteiger partial charge is 0.376 e. The summed E-state index contributed by atoms with van der Waals surface area (Å²) in [7, 11) is 0. The summed E-state index contributed by atoms with van der Waals surface area (Å²) in [5.41, 5.74) is 1.89. The molecule has 0 bridgehead atoms. The fraction of sp³-hybridized carbons (Fsp3) is 0.474. The van der Waals surface area contributed by atoms with Crippen LogP contribution in [0.15, 0.2) is 35.3 Å². The second kappa shape index (κ2) is 8.33. The molecule has 7 nitrogen and oxygen atoms in total. The van der Waals surface area contributed by atoms with Crippen molar-refractivity contribution in [3.8, 4) is 5.69 Å². The summed E-state index contributed by atoms with van der Waals surface area (Å²) in [5, 5.41) is 2.84. The fourth-order valence-electron chi connectivity index (χ4n) is 3.01.